The largest absolute Gasteiger partial charge is 0.465 e. The Labute approximate surface area is 203 Å². The molecule has 3 rings (SSSR count). The Kier molecular flexibility index (Phi) is 8.50. The van der Waals surface area contributed by atoms with Gasteiger partial charge in [-0.15, -0.1) is 0 Å². The minimum atomic E-state index is -0.451. The van der Waals surface area contributed by atoms with Gasteiger partial charge in [-0.1, -0.05) is 50.2 Å². The normalized spacial score (nSPS) is 19.4. The van der Waals surface area contributed by atoms with Crippen molar-refractivity contribution < 1.29 is 19.2 Å². The lowest BCUT2D eigenvalue weighted by atomic mass is 9.74. The second-order valence-corrected chi connectivity index (χ2v) is 9.76. The molecule has 0 bridgehead atoms. The lowest BCUT2D eigenvalue weighted by molar-refractivity contribution is -0.293. The summed E-state index contributed by atoms with van der Waals surface area (Å²) in [6, 6.07) is 17.0. The summed E-state index contributed by atoms with van der Waals surface area (Å²) in [5.41, 5.74) is 1.65. The molecule has 34 heavy (non-hydrogen) atoms. The van der Waals surface area contributed by atoms with E-state index in [1.165, 1.54) is 12.7 Å². The van der Waals surface area contributed by atoms with E-state index in [1.807, 2.05) is 6.07 Å². The average molecular weight is 467 g/mol. The highest BCUT2D eigenvalue weighted by molar-refractivity contribution is 5.98. The molecule has 6 heteroatoms. The molecular weight excluding hydrogens is 428 g/mol. The summed E-state index contributed by atoms with van der Waals surface area (Å²) >= 11 is 0. The van der Waals surface area contributed by atoms with Gasteiger partial charge in [0.15, 0.2) is 0 Å². The summed E-state index contributed by atoms with van der Waals surface area (Å²) in [6.45, 7) is 9.37. The van der Waals surface area contributed by atoms with Gasteiger partial charge in [-0.2, -0.15) is 5.06 Å². The van der Waals surface area contributed by atoms with Crippen molar-refractivity contribution >= 4 is 11.9 Å². The molecule has 2 aromatic rings. The smallest absolute Gasteiger partial charge is 0.337 e. The van der Waals surface area contributed by atoms with E-state index in [1.54, 1.807) is 24.3 Å². The van der Waals surface area contributed by atoms with E-state index in [9.17, 15) is 9.59 Å². The molecule has 184 valence electrons. The number of amides is 1. The Morgan fingerprint density at radius 2 is 1.68 bits per heavy atom. The summed E-state index contributed by atoms with van der Waals surface area (Å²) in [5, 5.41) is 5.44. The standard InChI is InChI=1S/C28H38N2O4/c1-6-28(7-2)20-24(29-25(31)22-14-11-15-23(18-22)26(32)33-5)19-27(3,4)30(28)34-17-16-21-12-9-8-10-13-21/h8-15,18,24H,6-7,16-17,19-20H2,1-5H3,(H,29,31). The highest BCUT2D eigenvalue weighted by atomic mass is 16.7. The van der Waals surface area contributed by atoms with Crippen LogP contribution >= 0.6 is 0 Å². The summed E-state index contributed by atoms with van der Waals surface area (Å²) in [4.78, 5) is 31.4. The van der Waals surface area contributed by atoms with E-state index in [0.717, 1.165) is 32.1 Å². The molecule has 1 unspecified atom stereocenters. The van der Waals surface area contributed by atoms with Crippen LogP contribution in [0.2, 0.25) is 0 Å². The number of hydrogen-bond donors (Lipinski definition) is 1. The molecule has 1 N–H and O–H groups in total. The number of hydrogen-bond acceptors (Lipinski definition) is 5. The zero-order valence-corrected chi connectivity index (χ0v) is 21.1. The van der Waals surface area contributed by atoms with E-state index in [4.69, 9.17) is 9.57 Å². The number of piperidine rings is 1. The Hall–Kier alpha value is -2.70. The molecule has 1 aliphatic heterocycles. The topological polar surface area (TPSA) is 67.9 Å². The van der Waals surface area contributed by atoms with Crippen molar-refractivity contribution in [2.45, 2.75) is 76.9 Å². The monoisotopic (exact) mass is 466 g/mol. The van der Waals surface area contributed by atoms with Crippen molar-refractivity contribution in [1.29, 1.82) is 0 Å². The Morgan fingerprint density at radius 1 is 1.00 bits per heavy atom. The number of carbonyl (C=O) groups is 2. The number of rotatable bonds is 9. The molecule has 6 nitrogen and oxygen atoms in total. The first-order valence-electron chi connectivity index (χ1n) is 12.2. The number of nitrogens with zero attached hydrogens (tertiary/aromatic N) is 1. The van der Waals surface area contributed by atoms with E-state index >= 15 is 0 Å². The Bertz CT molecular complexity index is 969. The second kappa shape index (κ2) is 11.2. The summed E-state index contributed by atoms with van der Waals surface area (Å²) < 4.78 is 4.79. The van der Waals surface area contributed by atoms with Crippen LogP contribution in [-0.4, -0.2) is 47.8 Å². The van der Waals surface area contributed by atoms with Crippen LogP contribution in [0.15, 0.2) is 54.6 Å². The van der Waals surface area contributed by atoms with Gasteiger partial charge in [0.05, 0.1) is 19.3 Å². The van der Waals surface area contributed by atoms with Crippen LogP contribution in [0.1, 0.15) is 79.7 Å². The van der Waals surface area contributed by atoms with Gasteiger partial charge in [-0.05, 0) is 69.7 Å². The number of esters is 1. The van der Waals surface area contributed by atoms with Crippen LogP contribution in [0, 0.1) is 0 Å². The third-order valence-corrected chi connectivity index (χ3v) is 7.00. The molecule has 1 fully saturated rings. The van der Waals surface area contributed by atoms with Crippen LogP contribution in [-0.2, 0) is 16.0 Å². The zero-order valence-electron chi connectivity index (χ0n) is 21.1. The van der Waals surface area contributed by atoms with Gasteiger partial charge in [0.1, 0.15) is 0 Å². The van der Waals surface area contributed by atoms with Crippen molar-refractivity contribution in [3.8, 4) is 0 Å². The lowest BCUT2D eigenvalue weighted by Crippen LogP contribution is -2.66. The molecule has 1 aliphatic rings. The van der Waals surface area contributed by atoms with Gasteiger partial charge in [0, 0.05) is 22.7 Å². The highest BCUT2D eigenvalue weighted by Gasteiger charge is 2.50. The van der Waals surface area contributed by atoms with Crippen molar-refractivity contribution in [1.82, 2.24) is 10.4 Å². The molecule has 1 atom stereocenters. The van der Waals surface area contributed by atoms with E-state index < -0.39 is 5.97 Å². The van der Waals surface area contributed by atoms with E-state index in [-0.39, 0.29) is 23.0 Å². The molecule has 1 amide bonds. The van der Waals surface area contributed by atoms with Gasteiger partial charge < -0.3 is 10.1 Å². The van der Waals surface area contributed by atoms with Crippen LogP contribution in [0.3, 0.4) is 0 Å². The number of benzene rings is 2. The first kappa shape index (κ1) is 25.9. The maximum atomic E-state index is 13.1. The van der Waals surface area contributed by atoms with Crippen molar-refractivity contribution in [2.24, 2.45) is 0 Å². The molecule has 0 spiro atoms. The fourth-order valence-electron chi connectivity index (χ4n) is 5.25. The maximum absolute atomic E-state index is 13.1. The van der Waals surface area contributed by atoms with Crippen molar-refractivity contribution in [3.05, 3.63) is 71.3 Å². The number of methoxy groups -OCH3 is 1. The predicted octanol–water partition coefficient (Wildman–Crippen LogP) is 5.18. The summed E-state index contributed by atoms with van der Waals surface area (Å²) in [7, 11) is 1.34. The zero-order chi connectivity index (χ0) is 24.8. The van der Waals surface area contributed by atoms with Crippen LogP contribution < -0.4 is 5.32 Å². The molecule has 0 radical (unpaired) electrons. The van der Waals surface area contributed by atoms with Gasteiger partial charge in [-0.3, -0.25) is 9.63 Å². The number of nitrogens with one attached hydrogen (secondary N) is 1. The average Bonchev–Trinajstić information content (AvgIpc) is 2.85. The highest BCUT2D eigenvalue weighted by Crippen LogP contribution is 2.43. The summed E-state index contributed by atoms with van der Waals surface area (Å²) in [6.07, 6.45) is 4.26. The minimum Gasteiger partial charge on any atom is -0.465 e. The summed E-state index contributed by atoms with van der Waals surface area (Å²) in [5.74, 6) is -0.626. The first-order valence-corrected chi connectivity index (χ1v) is 12.2. The maximum Gasteiger partial charge on any atom is 0.337 e. The third kappa shape index (κ3) is 5.86. The first-order chi connectivity index (χ1) is 16.2. The number of ether oxygens (including phenoxy) is 1. The van der Waals surface area contributed by atoms with Crippen molar-refractivity contribution in [2.75, 3.05) is 13.7 Å². The molecule has 0 aliphatic carbocycles. The quantitative estimate of drug-likeness (QED) is 0.516. The van der Waals surface area contributed by atoms with Gasteiger partial charge in [0.25, 0.3) is 5.91 Å². The SMILES string of the molecule is CCC1(CC)CC(NC(=O)c2cccc(C(=O)OC)c2)CC(C)(C)N1OCCc1ccccc1. The second-order valence-electron chi connectivity index (χ2n) is 9.76. The van der Waals surface area contributed by atoms with Gasteiger partial charge >= 0.3 is 5.97 Å². The van der Waals surface area contributed by atoms with Gasteiger partial charge in [-0.25, -0.2) is 4.79 Å². The Balaban J connectivity index is 1.72. The van der Waals surface area contributed by atoms with Crippen LogP contribution in [0.5, 0.6) is 0 Å². The molecule has 0 aromatic heterocycles. The van der Waals surface area contributed by atoms with E-state index in [2.05, 4.69) is 62.3 Å². The molecule has 1 heterocycles. The molecular formula is C28H38N2O4. The van der Waals surface area contributed by atoms with Crippen molar-refractivity contribution in [3.63, 3.8) is 0 Å². The van der Waals surface area contributed by atoms with Gasteiger partial charge in [0.2, 0.25) is 0 Å². The molecule has 2 aromatic carbocycles. The van der Waals surface area contributed by atoms with Crippen LogP contribution in [0.25, 0.3) is 0 Å². The number of carbonyl (C=O) groups excluding carboxylic acids is 2. The minimum absolute atomic E-state index is 0.00171. The Morgan fingerprint density at radius 3 is 2.32 bits per heavy atom. The predicted molar refractivity (Wildman–Crippen MR) is 134 cm³/mol. The lowest BCUT2D eigenvalue weighted by Gasteiger charge is -2.56. The third-order valence-electron chi connectivity index (χ3n) is 7.00. The number of hydroxylamine groups is 2. The fourth-order valence-corrected chi connectivity index (χ4v) is 5.25. The fraction of sp³-hybridized carbons (Fsp3) is 0.500. The van der Waals surface area contributed by atoms with Crippen LogP contribution in [0.4, 0.5) is 0 Å². The molecule has 0 saturated carbocycles. The van der Waals surface area contributed by atoms with E-state index in [0.29, 0.717) is 17.7 Å². The molecule has 1 saturated heterocycles.